The van der Waals surface area contributed by atoms with Gasteiger partial charge in [0.2, 0.25) is 0 Å². The van der Waals surface area contributed by atoms with E-state index in [1.54, 1.807) is 12.3 Å². The van der Waals surface area contributed by atoms with E-state index in [4.69, 9.17) is 5.11 Å². The van der Waals surface area contributed by atoms with Crippen molar-refractivity contribution >= 4 is 5.97 Å². The molecular weight excluding hydrogens is 218 g/mol. The van der Waals surface area contributed by atoms with E-state index in [2.05, 4.69) is 10.1 Å². The molecule has 5 nitrogen and oxygen atoms in total. The maximum absolute atomic E-state index is 10.7. The van der Waals surface area contributed by atoms with Gasteiger partial charge < -0.3 is 5.11 Å². The fourth-order valence-electron chi connectivity index (χ4n) is 1.64. The first-order valence-corrected chi connectivity index (χ1v) is 5.35. The third-order valence-electron chi connectivity index (χ3n) is 2.56. The molecule has 1 N–H and O–H groups in total. The van der Waals surface area contributed by atoms with E-state index in [1.165, 1.54) is 6.07 Å². The Labute approximate surface area is 98.7 Å². The summed E-state index contributed by atoms with van der Waals surface area (Å²) in [6.07, 6.45) is 3.50. The highest BCUT2D eigenvalue weighted by Crippen LogP contribution is 2.21. The summed E-state index contributed by atoms with van der Waals surface area (Å²) in [5.74, 6) is -1.02. The quantitative estimate of drug-likeness (QED) is 0.876. The maximum Gasteiger partial charge on any atom is 0.354 e. The lowest BCUT2D eigenvalue weighted by Crippen LogP contribution is -1.99. The minimum absolute atomic E-state index is 0.0503. The molecule has 0 saturated carbocycles. The van der Waals surface area contributed by atoms with E-state index in [-0.39, 0.29) is 5.69 Å². The number of aromatic nitrogens is 3. The summed E-state index contributed by atoms with van der Waals surface area (Å²) in [6.45, 7) is 4.75. The van der Waals surface area contributed by atoms with Crippen LogP contribution >= 0.6 is 0 Å². The van der Waals surface area contributed by atoms with Crippen LogP contribution in [0.2, 0.25) is 0 Å². The Hall–Kier alpha value is -2.17. The fourth-order valence-corrected chi connectivity index (χ4v) is 1.64. The van der Waals surface area contributed by atoms with Gasteiger partial charge in [-0.1, -0.05) is 6.07 Å². The van der Waals surface area contributed by atoms with Gasteiger partial charge in [0.25, 0.3) is 0 Å². The largest absolute Gasteiger partial charge is 0.477 e. The third-order valence-corrected chi connectivity index (χ3v) is 2.56. The van der Waals surface area contributed by atoms with Crippen molar-refractivity contribution in [2.45, 2.75) is 20.4 Å². The minimum Gasteiger partial charge on any atom is -0.477 e. The maximum atomic E-state index is 10.7. The molecule has 2 aromatic rings. The molecule has 5 heteroatoms. The topological polar surface area (TPSA) is 68.0 Å². The molecule has 0 aliphatic carbocycles. The van der Waals surface area contributed by atoms with Crippen molar-refractivity contribution in [3.63, 3.8) is 0 Å². The van der Waals surface area contributed by atoms with E-state index in [1.807, 2.05) is 24.7 Å². The molecule has 2 aromatic heterocycles. The molecule has 88 valence electrons. The van der Waals surface area contributed by atoms with E-state index >= 15 is 0 Å². The molecule has 2 heterocycles. The van der Waals surface area contributed by atoms with Crippen LogP contribution in [0.1, 0.15) is 23.1 Å². The highest BCUT2D eigenvalue weighted by molar-refractivity contribution is 5.85. The van der Waals surface area contributed by atoms with Crippen LogP contribution < -0.4 is 0 Å². The molecule has 0 bridgehead atoms. The number of carboxylic acids is 1. The van der Waals surface area contributed by atoms with Gasteiger partial charge in [0.05, 0.1) is 5.69 Å². The van der Waals surface area contributed by atoms with Crippen molar-refractivity contribution in [2.75, 3.05) is 0 Å². The zero-order chi connectivity index (χ0) is 12.4. The van der Waals surface area contributed by atoms with Gasteiger partial charge >= 0.3 is 5.97 Å². The average molecular weight is 231 g/mol. The lowest BCUT2D eigenvalue weighted by Gasteiger charge is -1.99. The monoisotopic (exact) mass is 231 g/mol. The number of carboxylic acid groups (broad SMARTS) is 1. The van der Waals surface area contributed by atoms with Gasteiger partial charge in [-0.05, 0) is 19.9 Å². The summed E-state index contributed by atoms with van der Waals surface area (Å²) < 4.78 is 1.84. The molecule has 0 spiro atoms. The van der Waals surface area contributed by atoms with Crippen molar-refractivity contribution < 1.29 is 9.90 Å². The smallest absolute Gasteiger partial charge is 0.354 e. The third kappa shape index (κ3) is 2.18. The first-order valence-electron chi connectivity index (χ1n) is 5.35. The summed E-state index contributed by atoms with van der Waals surface area (Å²) in [6, 6.07) is 3.25. The van der Waals surface area contributed by atoms with Crippen LogP contribution in [0.15, 0.2) is 24.5 Å². The Morgan fingerprint density at radius 2 is 2.24 bits per heavy atom. The molecule has 2 rings (SSSR count). The highest BCUT2D eigenvalue weighted by Gasteiger charge is 2.09. The lowest BCUT2D eigenvalue weighted by molar-refractivity contribution is 0.0690. The highest BCUT2D eigenvalue weighted by atomic mass is 16.4. The van der Waals surface area contributed by atoms with E-state index in [0.29, 0.717) is 0 Å². The fraction of sp³-hybridized carbons (Fsp3) is 0.250. The zero-order valence-corrected chi connectivity index (χ0v) is 9.71. The Bertz CT molecular complexity index is 543. The van der Waals surface area contributed by atoms with Gasteiger partial charge in [-0.2, -0.15) is 5.10 Å². The number of pyridine rings is 1. The molecule has 0 saturated heterocycles. The minimum atomic E-state index is -1.02. The SMILES string of the molecule is CCn1cc(-c2ccc(C(=O)O)nc2)c(C)n1. The summed E-state index contributed by atoms with van der Waals surface area (Å²) >= 11 is 0. The lowest BCUT2D eigenvalue weighted by atomic mass is 10.1. The van der Waals surface area contributed by atoms with Gasteiger partial charge in [-0.25, -0.2) is 9.78 Å². The number of nitrogens with zero attached hydrogens (tertiary/aromatic N) is 3. The van der Waals surface area contributed by atoms with Crippen molar-refractivity contribution in [3.05, 3.63) is 35.9 Å². The van der Waals surface area contributed by atoms with Gasteiger partial charge in [0, 0.05) is 30.1 Å². The molecular formula is C12H13N3O2. The van der Waals surface area contributed by atoms with Crippen LogP contribution in [-0.4, -0.2) is 25.8 Å². The first-order chi connectivity index (χ1) is 8.11. The summed E-state index contributed by atoms with van der Waals surface area (Å²) in [5, 5.41) is 13.1. The van der Waals surface area contributed by atoms with E-state index < -0.39 is 5.97 Å². The summed E-state index contributed by atoms with van der Waals surface area (Å²) in [4.78, 5) is 14.6. The number of hydrogen-bond acceptors (Lipinski definition) is 3. The molecule has 0 aromatic carbocycles. The normalized spacial score (nSPS) is 10.5. The first kappa shape index (κ1) is 11.3. The van der Waals surface area contributed by atoms with Gasteiger partial charge in [0.15, 0.2) is 0 Å². The van der Waals surface area contributed by atoms with Crippen LogP contribution in [0.25, 0.3) is 11.1 Å². The van der Waals surface area contributed by atoms with Crippen LogP contribution in [0.4, 0.5) is 0 Å². The van der Waals surface area contributed by atoms with E-state index in [9.17, 15) is 4.79 Å². The molecule has 0 unspecified atom stereocenters. The second kappa shape index (κ2) is 4.37. The summed E-state index contributed by atoms with van der Waals surface area (Å²) in [7, 11) is 0. The van der Waals surface area contributed by atoms with E-state index in [0.717, 1.165) is 23.4 Å². The number of carbonyl (C=O) groups is 1. The van der Waals surface area contributed by atoms with Crippen LogP contribution in [-0.2, 0) is 6.54 Å². The molecule has 0 amide bonds. The molecule has 17 heavy (non-hydrogen) atoms. The predicted octanol–water partition coefficient (Wildman–Crippen LogP) is 1.97. The number of hydrogen-bond donors (Lipinski definition) is 1. The van der Waals surface area contributed by atoms with Gasteiger partial charge in [-0.15, -0.1) is 0 Å². The zero-order valence-electron chi connectivity index (χ0n) is 9.71. The standard InChI is InChI=1S/C12H13N3O2/c1-3-15-7-10(8(2)14-15)9-4-5-11(12(16)17)13-6-9/h4-7H,3H2,1-2H3,(H,16,17). The second-order valence-corrected chi connectivity index (χ2v) is 3.72. The molecule has 0 atom stereocenters. The Morgan fingerprint density at radius 3 is 2.71 bits per heavy atom. The van der Waals surface area contributed by atoms with Crippen molar-refractivity contribution in [2.24, 2.45) is 0 Å². The van der Waals surface area contributed by atoms with Crippen LogP contribution in [0, 0.1) is 6.92 Å². The van der Waals surface area contributed by atoms with Crippen molar-refractivity contribution in [3.8, 4) is 11.1 Å². The van der Waals surface area contributed by atoms with Crippen molar-refractivity contribution in [1.29, 1.82) is 0 Å². The second-order valence-electron chi connectivity index (χ2n) is 3.72. The molecule has 0 aliphatic heterocycles. The average Bonchev–Trinajstić information content (AvgIpc) is 2.71. The van der Waals surface area contributed by atoms with Gasteiger partial charge in [-0.3, -0.25) is 4.68 Å². The Balaban J connectivity index is 2.39. The summed E-state index contributed by atoms with van der Waals surface area (Å²) in [5.41, 5.74) is 2.83. The number of aromatic carboxylic acids is 1. The van der Waals surface area contributed by atoms with Crippen LogP contribution in [0.5, 0.6) is 0 Å². The predicted molar refractivity (Wildman–Crippen MR) is 62.8 cm³/mol. The molecule has 0 aliphatic rings. The van der Waals surface area contributed by atoms with Crippen LogP contribution in [0.3, 0.4) is 0 Å². The van der Waals surface area contributed by atoms with Gasteiger partial charge in [0.1, 0.15) is 5.69 Å². The number of aryl methyl sites for hydroxylation is 2. The molecule has 0 radical (unpaired) electrons. The Morgan fingerprint density at radius 1 is 1.47 bits per heavy atom. The molecule has 0 fully saturated rings. The van der Waals surface area contributed by atoms with Crippen molar-refractivity contribution in [1.82, 2.24) is 14.8 Å². The Kier molecular flexibility index (Phi) is 2.91. The number of rotatable bonds is 3.